The molecule has 0 unspecified atom stereocenters. The Morgan fingerprint density at radius 3 is 2.80 bits per heavy atom. The van der Waals surface area contributed by atoms with Gasteiger partial charge in [0.2, 0.25) is 0 Å². The molecule has 0 spiro atoms. The molecule has 2 bridgehead atoms. The number of amides is 1. The molecule has 4 aliphatic rings. The summed E-state index contributed by atoms with van der Waals surface area (Å²) in [4.78, 5) is 18.1. The fourth-order valence-corrected chi connectivity index (χ4v) is 5.95. The molecule has 1 amide bonds. The largest absolute Gasteiger partial charge is 0.332 e. The highest BCUT2D eigenvalue weighted by atomic mass is 16.2. The number of carbonyl (C=O) groups is 1. The Hall–Kier alpha value is -1.61. The molecular formula is C22H28N2O. The van der Waals surface area contributed by atoms with Crippen molar-refractivity contribution in [2.45, 2.75) is 50.6 Å². The Bertz CT molecular complexity index is 683. The van der Waals surface area contributed by atoms with Gasteiger partial charge in [0, 0.05) is 24.7 Å². The van der Waals surface area contributed by atoms with Crippen LogP contribution in [0.4, 0.5) is 0 Å². The lowest BCUT2D eigenvalue weighted by molar-refractivity contribution is 0.00148. The molecule has 0 radical (unpaired) electrons. The Kier molecular flexibility index (Phi) is 3.93. The maximum Gasteiger partial charge on any atom is 0.254 e. The van der Waals surface area contributed by atoms with Crippen molar-refractivity contribution in [3.63, 3.8) is 0 Å². The first-order valence-corrected chi connectivity index (χ1v) is 10.1. The zero-order valence-electron chi connectivity index (χ0n) is 14.9. The number of carbonyl (C=O) groups excluding carboxylic acids is 1. The highest BCUT2D eigenvalue weighted by Gasteiger charge is 2.46. The second-order valence-electron chi connectivity index (χ2n) is 8.37. The van der Waals surface area contributed by atoms with E-state index in [4.69, 9.17) is 0 Å². The van der Waals surface area contributed by atoms with E-state index in [0.717, 1.165) is 30.5 Å². The minimum atomic E-state index is 0.232. The Morgan fingerprint density at radius 2 is 1.92 bits per heavy atom. The van der Waals surface area contributed by atoms with Crippen LogP contribution in [0.2, 0.25) is 0 Å². The van der Waals surface area contributed by atoms with E-state index in [2.05, 4.69) is 15.9 Å². The average molecular weight is 336 g/mol. The summed E-state index contributed by atoms with van der Waals surface area (Å²) < 4.78 is 0. The number of hydrogen-bond donors (Lipinski definition) is 0. The predicted octanol–water partition coefficient (Wildman–Crippen LogP) is 3.72. The molecule has 1 aliphatic carbocycles. The van der Waals surface area contributed by atoms with E-state index in [1.807, 2.05) is 30.3 Å². The summed E-state index contributed by atoms with van der Waals surface area (Å²) in [6, 6.07) is 11.0. The third kappa shape index (κ3) is 2.64. The number of nitrogens with zero attached hydrogens (tertiary/aromatic N) is 2. The fourth-order valence-electron chi connectivity index (χ4n) is 5.95. The Morgan fingerprint density at radius 1 is 1.04 bits per heavy atom. The summed E-state index contributed by atoms with van der Waals surface area (Å²) in [5.41, 5.74) is 2.42. The highest BCUT2D eigenvalue weighted by molar-refractivity contribution is 5.94. The van der Waals surface area contributed by atoms with Crippen molar-refractivity contribution >= 4 is 5.91 Å². The molecular weight excluding hydrogens is 308 g/mol. The van der Waals surface area contributed by atoms with E-state index in [1.54, 1.807) is 5.57 Å². The zero-order valence-corrected chi connectivity index (χ0v) is 14.9. The minimum Gasteiger partial charge on any atom is -0.332 e. The van der Waals surface area contributed by atoms with Crippen molar-refractivity contribution in [2.24, 2.45) is 11.8 Å². The second-order valence-corrected chi connectivity index (χ2v) is 8.37. The molecule has 3 heteroatoms. The number of piperidine rings is 3. The molecule has 3 heterocycles. The van der Waals surface area contributed by atoms with Crippen molar-refractivity contribution in [1.82, 2.24) is 9.80 Å². The van der Waals surface area contributed by atoms with Gasteiger partial charge in [-0.2, -0.15) is 0 Å². The lowest BCUT2D eigenvalue weighted by Gasteiger charge is -2.54. The van der Waals surface area contributed by atoms with Crippen LogP contribution < -0.4 is 0 Å². The van der Waals surface area contributed by atoms with Crippen LogP contribution in [0.3, 0.4) is 0 Å². The van der Waals surface area contributed by atoms with Crippen LogP contribution in [0.5, 0.6) is 0 Å². The number of likely N-dealkylation sites (tertiary alicyclic amines) is 1. The van der Waals surface area contributed by atoms with Crippen LogP contribution in [0.1, 0.15) is 48.9 Å². The van der Waals surface area contributed by atoms with Gasteiger partial charge in [0.1, 0.15) is 0 Å². The summed E-state index contributed by atoms with van der Waals surface area (Å²) in [7, 11) is 0. The normalized spacial score (nSPS) is 34.7. The van der Waals surface area contributed by atoms with Gasteiger partial charge < -0.3 is 4.90 Å². The molecule has 3 fully saturated rings. The van der Waals surface area contributed by atoms with Crippen molar-refractivity contribution in [2.75, 3.05) is 19.6 Å². The molecule has 1 aromatic carbocycles. The maximum absolute atomic E-state index is 13.2. The van der Waals surface area contributed by atoms with E-state index < -0.39 is 0 Å². The Balaban J connectivity index is 1.46. The third-order valence-electron chi connectivity index (χ3n) is 6.94. The fraction of sp³-hybridized carbons (Fsp3) is 0.591. The van der Waals surface area contributed by atoms with Crippen molar-refractivity contribution in [1.29, 1.82) is 0 Å². The summed E-state index contributed by atoms with van der Waals surface area (Å²) in [6.07, 6.45) is 10.3. The quantitative estimate of drug-likeness (QED) is 0.730. The first-order chi connectivity index (χ1) is 12.3. The maximum atomic E-state index is 13.2. The first-order valence-electron chi connectivity index (χ1n) is 10.1. The van der Waals surface area contributed by atoms with Crippen molar-refractivity contribution in [3.8, 4) is 0 Å². The SMILES string of the molecule is O=C(c1ccccc1)N1CCCC2=C[C@@H]3C[C@H](CN4CCCC[C@@H]34)[C@@H]21. The molecule has 3 aliphatic heterocycles. The molecule has 3 saturated heterocycles. The topological polar surface area (TPSA) is 23.6 Å². The van der Waals surface area contributed by atoms with Crippen LogP contribution in [0, 0.1) is 11.8 Å². The minimum absolute atomic E-state index is 0.232. The molecule has 0 saturated carbocycles. The van der Waals surface area contributed by atoms with Gasteiger partial charge in [-0.15, -0.1) is 0 Å². The third-order valence-corrected chi connectivity index (χ3v) is 6.94. The summed E-state index contributed by atoms with van der Waals surface area (Å²) in [5.74, 6) is 1.60. The second kappa shape index (κ2) is 6.28. The van der Waals surface area contributed by atoms with Gasteiger partial charge in [-0.25, -0.2) is 0 Å². The summed E-state index contributed by atoms with van der Waals surface area (Å²) >= 11 is 0. The lowest BCUT2D eigenvalue weighted by atomic mass is 9.68. The first kappa shape index (κ1) is 15.6. The van der Waals surface area contributed by atoms with Crippen LogP contribution in [0.15, 0.2) is 42.0 Å². The van der Waals surface area contributed by atoms with Gasteiger partial charge >= 0.3 is 0 Å². The number of hydrogen-bond acceptors (Lipinski definition) is 2. The summed E-state index contributed by atoms with van der Waals surface area (Å²) in [5, 5.41) is 0. The number of rotatable bonds is 1. The van der Waals surface area contributed by atoms with E-state index >= 15 is 0 Å². The van der Waals surface area contributed by atoms with E-state index in [0.29, 0.717) is 12.0 Å². The Labute approximate surface area is 150 Å². The van der Waals surface area contributed by atoms with Gasteiger partial charge in [0.25, 0.3) is 5.91 Å². The monoisotopic (exact) mass is 336 g/mol. The van der Waals surface area contributed by atoms with Crippen LogP contribution in [-0.4, -0.2) is 47.4 Å². The molecule has 3 nitrogen and oxygen atoms in total. The van der Waals surface area contributed by atoms with Crippen LogP contribution >= 0.6 is 0 Å². The van der Waals surface area contributed by atoms with Gasteiger partial charge in [0.05, 0.1) is 6.04 Å². The summed E-state index contributed by atoms with van der Waals surface area (Å²) in [6.45, 7) is 3.38. The highest BCUT2D eigenvalue weighted by Crippen LogP contribution is 2.45. The molecule has 0 N–H and O–H groups in total. The van der Waals surface area contributed by atoms with E-state index in [9.17, 15) is 4.79 Å². The molecule has 5 rings (SSSR count). The zero-order chi connectivity index (χ0) is 16.8. The smallest absolute Gasteiger partial charge is 0.254 e. The van der Waals surface area contributed by atoms with Gasteiger partial charge in [0.15, 0.2) is 0 Å². The van der Waals surface area contributed by atoms with Crippen LogP contribution in [-0.2, 0) is 0 Å². The van der Waals surface area contributed by atoms with Gasteiger partial charge in [-0.1, -0.05) is 36.3 Å². The van der Waals surface area contributed by atoms with Crippen molar-refractivity contribution < 1.29 is 4.79 Å². The van der Waals surface area contributed by atoms with Crippen LogP contribution in [0.25, 0.3) is 0 Å². The molecule has 0 aromatic heterocycles. The molecule has 132 valence electrons. The molecule has 4 atom stereocenters. The lowest BCUT2D eigenvalue weighted by Crippen LogP contribution is -2.60. The molecule has 25 heavy (non-hydrogen) atoms. The van der Waals surface area contributed by atoms with Gasteiger partial charge in [-0.3, -0.25) is 9.69 Å². The van der Waals surface area contributed by atoms with Gasteiger partial charge in [-0.05, 0) is 62.6 Å². The predicted molar refractivity (Wildman–Crippen MR) is 99.4 cm³/mol. The number of fused-ring (bicyclic) bond motifs is 6. The average Bonchev–Trinajstić information content (AvgIpc) is 2.68. The standard InChI is InChI=1S/C22H28N2O/c25-22(16-7-2-1-3-8-16)24-12-6-9-17-13-18-14-19(21(17)24)15-23-11-5-4-10-20(18)23/h1-3,7-8,13,18-21H,4-6,9-12,14-15H2/t18-,19-,20+,21-/m1/s1. The van der Waals surface area contributed by atoms with E-state index in [1.165, 1.54) is 45.2 Å². The molecule has 1 aromatic rings. The number of benzene rings is 1. The van der Waals surface area contributed by atoms with E-state index in [-0.39, 0.29) is 5.91 Å². The van der Waals surface area contributed by atoms with Crippen molar-refractivity contribution in [3.05, 3.63) is 47.5 Å².